The fraction of sp³-hybridized carbons (Fsp3) is 0.455. The summed E-state index contributed by atoms with van der Waals surface area (Å²) in [7, 11) is 1.87. The van der Waals surface area contributed by atoms with Gasteiger partial charge in [0, 0.05) is 31.3 Å². The molecule has 0 amide bonds. The van der Waals surface area contributed by atoms with Gasteiger partial charge < -0.3 is 10.1 Å². The monoisotopic (exact) mass is 208 g/mol. The predicted molar refractivity (Wildman–Crippen MR) is 57.3 cm³/mol. The van der Waals surface area contributed by atoms with Gasteiger partial charge in [-0.1, -0.05) is 6.07 Å². The van der Waals surface area contributed by atoms with Gasteiger partial charge in [0.15, 0.2) is 0 Å². The Hall–Kier alpha value is -1.42. The Balaban J connectivity index is 2.67. The number of nitrogens with zero attached hydrogens (tertiary/aromatic N) is 1. The molecule has 1 aromatic heterocycles. The van der Waals surface area contributed by atoms with Crippen molar-refractivity contribution in [2.45, 2.75) is 19.4 Å². The highest BCUT2D eigenvalue weighted by molar-refractivity contribution is 5.66. The maximum Gasteiger partial charge on any atom is 0.303 e. The SMILES string of the molecule is CNCC[C@H](OC(C)=O)c1cccnc1. The summed E-state index contributed by atoms with van der Waals surface area (Å²) in [6.45, 7) is 2.22. The fourth-order valence-electron chi connectivity index (χ4n) is 1.34. The van der Waals surface area contributed by atoms with Gasteiger partial charge in [0.05, 0.1) is 0 Å². The molecule has 0 aliphatic heterocycles. The van der Waals surface area contributed by atoms with E-state index in [0.29, 0.717) is 0 Å². The van der Waals surface area contributed by atoms with Gasteiger partial charge >= 0.3 is 5.97 Å². The first-order chi connectivity index (χ1) is 7.24. The maximum atomic E-state index is 10.9. The van der Waals surface area contributed by atoms with Crippen molar-refractivity contribution in [1.29, 1.82) is 0 Å². The molecule has 1 atom stereocenters. The van der Waals surface area contributed by atoms with E-state index in [2.05, 4.69) is 10.3 Å². The van der Waals surface area contributed by atoms with Crippen LogP contribution in [-0.2, 0) is 9.53 Å². The minimum atomic E-state index is -0.264. The lowest BCUT2D eigenvalue weighted by atomic mass is 10.1. The number of rotatable bonds is 5. The van der Waals surface area contributed by atoms with Crippen molar-refractivity contribution in [2.24, 2.45) is 0 Å². The van der Waals surface area contributed by atoms with Crippen LogP contribution < -0.4 is 5.32 Å². The molecule has 0 saturated heterocycles. The van der Waals surface area contributed by atoms with Crippen molar-refractivity contribution < 1.29 is 9.53 Å². The number of carbonyl (C=O) groups is 1. The molecule has 82 valence electrons. The zero-order valence-corrected chi connectivity index (χ0v) is 9.06. The zero-order chi connectivity index (χ0) is 11.1. The largest absolute Gasteiger partial charge is 0.458 e. The van der Waals surface area contributed by atoms with Crippen LogP contribution in [0.2, 0.25) is 0 Å². The van der Waals surface area contributed by atoms with Crippen LogP contribution in [0.15, 0.2) is 24.5 Å². The second-order valence-corrected chi connectivity index (χ2v) is 3.28. The number of esters is 1. The molecule has 1 aromatic rings. The number of ether oxygens (including phenoxy) is 1. The molecule has 1 rings (SSSR count). The van der Waals surface area contributed by atoms with Crippen LogP contribution in [0.5, 0.6) is 0 Å². The van der Waals surface area contributed by atoms with Gasteiger partial charge in [-0.05, 0) is 19.7 Å². The van der Waals surface area contributed by atoms with Crippen molar-refractivity contribution in [3.8, 4) is 0 Å². The molecule has 1 N–H and O–H groups in total. The molecule has 4 heteroatoms. The molecule has 0 fully saturated rings. The van der Waals surface area contributed by atoms with Crippen LogP contribution in [-0.4, -0.2) is 24.5 Å². The predicted octanol–water partition coefficient (Wildman–Crippen LogP) is 1.30. The van der Waals surface area contributed by atoms with Crippen molar-refractivity contribution in [1.82, 2.24) is 10.3 Å². The molecule has 0 saturated carbocycles. The maximum absolute atomic E-state index is 10.9. The van der Waals surface area contributed by atoms with E-state index in [4.69, 9.17) is 4.74 Å². The summed E-state index contributed by atoms with van der Waals surface area (Å²) in [4.78, 5) is 14.9. The molecule has 0 bridgehead atoms. The highest BCUT2D eigenvalue weighted by Crippen LogP contribution is 2.19. The molecule has 0 aromatic carbocycles. The van der Waals surface area contributed by atoms with E-state index < -0.39 is 0 Å². The summed E-state index contributed by atoms with van der Waals surface area (Å²) in [5.74, 6) is -0.264. The number of aromatic nitrogens is 1. The lowest BCUT2D eigenvalue weighted by molar-refractivity contribution is -0.147. The van der Waals surface area contributed by atoms with Gasteiger partial charge in [0.1, 0.15) is 6.10 Å². The normalized spacial score (nSPS) is 12.1. The van der Waals surface area contributed by atoms with Crippen molar-refractivity contribution >= 4 is 5.97 Å². The Morgan fingerprint density at radius 3 is 3.00 bits per heavy atom. The second-order valence-electron chi connectivity index (χ2n) is 3.28. The molecular weight excluding hydrogens is 192 g/mol. The average molecular weight is 208 g/mol. The molecule has 4 nitrogen and oxygen atoms in total. The Labute approximate surface area is 89.7 Å². The number of hydrogen-bond donors (Lipinski definition) is 1. The lowest BCUT2D eigenvalue weighted by Crippen LogP contribution is -2.16. The topological polar surface area (TPSA) is 51.2 Å². The van der Waals surface area contributed by atoms with Crippen molar-refractivity contribution in [3.63, 3.8) is 0 Å². The quantitative estimate of drug-likeness (QED) is 0.741. The Morgan fingerprint density at radius 2 is 2.47 bits per heavy atom. The molecule has 0 aliphatic carbocycles. The van der Waals surface area contributed by atoms with Crippen molar-refractivity contribution in [2.75, 3.05) is 13.6 Å². The standard InChI is InChI=1S/C11H16N2O2/c1-9(14)15-11(5-7-12-2)10-4-3-6-13-8-10/h3-4,6,8,11-12H,5,7H2,1-2H3/t11-/m0/s1. The smallest absolute Gasteiger partial charge is 0.303 e. The highest BCUT2D eigenvalue weighted by Gasteiger charge is 2.13. The first-order valence-corrected chi connectivity index (χ1v) is 4.95. The highest BCUT2D eigenvalue weighted by atomic mass is 16.5. The third-order valence-electron chi connectivity index (χ3n) is 2.02. The fourth-order valence-corrected chi connectivity index (χ4v) is 1.34. The molecule has 15 heavy (non-hydrogen) atoms. The summed E-state index contributed by atoms with van der Waals surface area (Å²) >= 11 is 0. The molecule has 1 heterocycles. The van der Waals surface area contributed by atoms with Crippen LogP contribution in [0.3, 0.4) is 0 Å². The summed E-state index contributed by atoms with van der Waals surface area (Å²) in [6, 6.07) is 3.75. The molecule has 0 aliphatic rings. The van der Waals surface area contributed by atoms with Gasteiger partial charge in [-0.15, -0.1) is 0 Å². The third-order valence-corrected chi connectivity index (χ3v) is 2.02. The van der Waals surface area contributed by atoms with Crippen LogP contribution >= 0.6 is 0 Å². The average Bonchev–Trinajstić information content (AvgIpc) is 2.25. The third kappa shape index (κ3) is 4.08. The number of nitrogens with one attached hydrogen (secondary N) is 1. The van der Waals surface area contributed by atoms with E-state index in [0.717, 1.165) is 18.5 Å². The minimum Gasteiger partial charge on any atom is -0.458 e. The van der Waals surface area contributed by atoms with E-state index >= 15 is 0 Å². The summed E-state index contributed by atoms with van der Waals surface area (Å²) in [6.07, 6.45) is 3.97. The Morgan fingerprint density at radius 1 is 1.67 bits per heavy atom. The molecule has 0 unspecified atom stereocenters. The second kappa shape index (κ2) is 6.14. The summed E-state index contributed by atoms with van der Waals surface area (Å²) in [5.41, 5.74) is 0.933. The van der Waals surface area contributed by atoms with Gasteiger partial charge in [-0.2, -0.15) is 0 Å². The summed E-state index contributed by atoms with van der Waals surface area (Å²) < 4.78 is 5.22. The zero-order valence-electron chi connectivity index (χ0n) is 9.06. The Kier molecular flexibility index (Phi) is 4.77. The molecule has 0 radical (unpaired) electrons. The van der Waals surface area contributed by atoms with E-state index in [1.165, 1.54) is 6.92 Å². The Bertz CT molecular complexity index is 301. The molecule has 0 spiro atoms. The summed E-state index contributed by atoms with van der Waals surface area (Å²) in [5, 5.41) is 3.03. The van der Waals surface area contributed by atoms with Gasteiger partial charge in [-0.3, -0.25) is 9.78 Å². The van der Waals surface area contributed by atoms with Gasteiger partial charge in [-0.25, -0.2) is 0 Å². The van der Waals surface area contributed by atoms with E-state index in [-0.39, 0.29) is 12.1 Å². The van der Waals surface area contributed by atoms with E-state index in [1.807, 2.05) is 19.2 Å². The van der Waals surface area contributed by atoms with E-state index in [9.17, 15) is 4.79 Å². The van der Waals surface area contributed by atoms with Gasteiger partial charge in [0.25, 0.3) is 0 Å². The van der Waals surface area contributed by atoms with Crippen LogP contribution in [0.25, 0.3) is 0 Å². The number of hydrogen-bond acceptors (Lipinski definition) is 4. The number of carbonyl (C=O) groups excluding carboxylic acids is 1. The van der Waals surface area contributed by atoms with Crippen molar-refractivity contribution in [3.05, 3.63) is 30.1 Å². The van der Waals surface area contributed by atoms with Gasteiger partial charge in [0.2, 0.25) is 0 Å². The van der Waals surface area contributed by atoms with Crippen LogP contribution in [0, 0.1) is 0 Å². The van der Waals surface area contributed by atoms with Crippen LogP contribution in [0.4, 0.5) is 0 Å². The first kappa shape index (κ1) is 11.7. The lowest BCUT2D eigenvalue weighted by Gasteiger charge is -2.16. The first-order valence-electron chi connectivity index (χ1n) is 4.95. The van der Waals surface area contributed by atoms with E-state index in [1.54, 1.807) is 12.4 Å². The minimum absolute atomic E-state index is 0.205. The van der Waals surface area contributed by atoms with Crippen LogP contribution in [0.1, 0.15) is 25.0 Å². The molecular formula is C11H16N2O2. The number of pyridine rings is 1.